The van der Waals surface area contributed by atoms with E-state index in [9.17, 15) is 4.79 Å². The first kappa shape index (κ1) is 8.05. The van der Waals surface area contributed by atoms with Crippen molar-refractivity contribution in [1.82, 2.24) is 4.57 Å². The highest BCUT2D eigenvalue weighted by Crippen LogP contribution is 2.13. The molecule has 1 heterocycles. The molecule has 2 nitrogen and oxygen atoms in total. The minimum absolute atomic E-state index is 0.0821. The van der Waals surface area contributed by atoms with Gasteiger partial charge in [0.05, 0.1) is 0 Å². The van der Waals surface area contributed by atoms with Crippen LogP contribution >= 0.6 is 0 Å². The van der Waals surface area contributed by atoms with Crippen LogP contribution in [-0.2, 0) is 7.05 Å². The average Bonchev–Trinajstić information content (AvgIpc) is 2.15. The lowest BCUT2D eigenvalue weighted by Crippen LogP contribution is -2.18. The predicted octanol–water partition coefficient (Wildman–Crippen LogP) is 1.85. The molecule has 2 heteroatoms. The largest absolute Gasteiger partial charge is 0.318 e. The van der Waals surface area contributed by atoms with Crippen molar-refractivity contribution in [2.75, 3.05) is 0 Å². The Morgan fingerprint density at radius 2 is 1.92 bits per heavy atom. The van der Waals surface area contributed by atoms with Gasteiger partial charge in [-0.2, -0.15) is 0 Å². The number of hydrogen-bond acceptors (Lipinski definition) is 1. The number of nitrogens with zero attached hydrogens (tertiary/aromatic N) is 1. The Labute approximate surface area is 76.4 Å². The van der Waals surface area contributed by atoms with Gasteiger partial charge in [0.25, 0.3) is 5.56 Å². The van der Waals surface area contributed by atoms with E-state index in [4.69, 9.17) is 0 Å². The quantitative estimate of drug-likeness (QED) is 0.596. The van der Waals surface area contributed by atoms with Gasteiger partial charge in [-0.15, -0.1) is 0 Å². The number of aryl methyl sites for hydroxylation is 2. The highest BCUT2D eigenvalue weighted by molar-refractivity contribution is 5.84. The van der Waals surface area contributed by atoms with Gasteiger partial charge < -0.3 is 4.57 Å². The first-order valence-electron chi connectivity index (χ1n) is 4.25. The molecule has 0 aliphatic heterocycles. The van der Waals surface area contributed by atoms with Gasteiger partial charge in [-0.3, -0.25) is 4.79 Å². The van der Waals surface area contributed by atoms with Crippen LogP contribution in [0.1, 0.15) is 5.56 Å². The van der Waals surface area contributed by atoms with E-state index in [1.54, 1.807) is 11.6 Å². The summed E-state index contributed by atoms with van der Waals surface area (Å²) < 4.78 is 1.62. The molecule has 13 heavy (non-hydrogen) atoms. The van der Waals surface area contributed by atoms with Gasteiger partial charge in [0.2, 0.25) is 0 Å². The van der Waals surface area contributed by atoms with E-state index in [-0.39, 0.29) is 5.56 Å². The molecule has 0 aliphatic rings. The molecule has 0 aliphatic carbocycles. The zero-order valence-electron chi connectivity index (χ0n) is 7.74. The smallest absolute Gasteiger partial charge is 0.253 e. The first-order valence-corrected chi connectivity index (χ1v) is 4.25. The van der Waals surface area contributed by atoms with Crippen LogP contribution in [-0.4, -0.2) is 4.57 Å². The summed E-state index contributed by atoms with van der Waals surface area (Å²) in [5.74, 6) is 0. The topological polar surface area (TPSA) is 22.0 Å². The minimum atomic E-state index is 0.0821. The minimum Gasteiger partial charge on any atom is -0.318 e. The van der Waals surface area contributed by atoms with Crippen molar-refractivity contribution in [3.63, 3.8) is 0 Å². The van der Waals surface area contributed by atoms with Crippen molar-refractivity contribution in [3.05, 3.63) is 46.4 Å². The zero-order chi connectivity index (χ0) is 9.42. The average molecular weight is 173 g/mol. The van der Waals surface area contributed by atoms with Gasteiger partial charge in [0.15, 0.2) is 0 Å². The Hall–Kier alpha value is -1.57. The van der Waals surface area contributed by atoms with Crippen molar-refractivity contribution < 1.29 is 0 Å². The molecule has 0 bridgehead atoms. The lowest BCUT2D eigenvalue weighted by molar-refractivity contribution is 0.860. The SMILES string of the molecule is Cc1c(=O)n(C)cc2ccccc12. The standard InChI is InChI=1S/C11H11NO/c1-8-10-6-4-3-5-9(10)7-12(2)11(8)13/h3-7H,1-2H3. The predicted molar refractivity (Wildman–Crippen MR) is 53.9 cm³/mol. The van der Waals surface area contributed by atoms with Crippen LogP contribution in [0.5, 0.6) is 0 Å². The summed E-state index contributed by atoms with van der Waals surface area (Å²) in [5.41, 5.74) is 0.902. The van der Waals surface area contributed by atoms with Gasteiger partial charge in [0.1, 0.15) is 0 Å². The molecule has 0 fully saturated rings. The van der Waals surface area contributed by atoms with Crippen LogP contribution in [0.3, 0.4) is 0 Å². The van der Waals surface area contributed by atoms with Crippen molar-refractivity contribution in [2.24, 2.45) is 7.05 Å². The van der Waals surface area contributed by atoms with Gasteiger partial charge in [-0.25, -0.2) is 0 Å². The number of aromatic nitrogens is 1. The normalized spacial score (nSPS) is 10.6. The van der Waals surface area contributed by atoms with Crippen LogP contribution in [0.2, 0.25) is 0 Å². The van der Waals surface area contributed by atoms with E-state index >= 15 is 0 Å². The Morgan fingerprint density at radius 3 is 2.69 bits per heavy atom. The zero-order valence-corrected chi connectivity index (χ0v) is 7.74. The molecule has 0 saturated carbocycles. The van der Waals surface area contributed by atoms with Crippen molar-refractivity contribution in [3.8, 4) is 0 Å². The fraction of sp³-hybridized carbons (Fsp3) is 0.182. The van der Waals surface area contributed by atoms with Crippen LogP contribution in [0.4, 0.5) is 0 Å². The second-order valence-corrected chi connectivity index (χ2v) is 3.26. The summed E-state index contributed by atoms with van der Waals surface area (Å²) in [7, 11) is 1.78. The van der Waals surface area contributed by atoms with E-state index in [2.05, 4.69) is 0 Å². The van der Waals surface area contributed by atoms with E-state index in [0.29, 0.717) is 0 Å². The highest BCUT2D eigenvalue weighted by atomic mass is 16.1. The maximum absolute atomic E-state index is 11.5. The summed E-state index contributed by atoms with van der Waals surface area (Å²) in [6.07, 6.45) is 1.87. The Balaban J connectivity index is 3.02. The Kier molecular flexibility index (Phi) is 1.69. The summed E-state index contributed by atoms with van der Waals surface area (Å²) in [6, 6.07) is 7.93. The second kappa shape index (κ2) is 2.73. The highest BCUT2D eigenvalue weighted by Gasteiger charge is 2.01. The monoisotopic (exact) mass is 173 g/mol. The molecular weight excluding hydrogens is 162 g/mol. The fourth-order valence-corrected chi connectivity index (χ4v) is 1.60. The van der Waals surface area contributed by atoms with Crippen molar-refractivity contribution >= 4 is 10.8 Å². The molecule has 0 radical (unpaired) electrons. The Bertz CT molecular complexity index is 511. The lowest BCUT2D eigenvalue weighted by Gasteiger charge is -2.04. The van der Waals surface area contributed by atoms with Gasteiger partial charge in [-0.05, 0) is 17.7 Å². The maximum atomic E-state index is 11.5. The number of benzene rings is 1. The molecule has 2 aromatic rings. The summed E-state index contributed by atoms with van der Waals surface area (Å²) in [5, 5.41) is 2.16. The van der Waals surface area contributed by atoms with Crippen LogP contribution < -0.4 is 5.56 Å². The Morgan fingerprint density at radius 1 is 1.23 bits per heavy atom. The molecule has 0 amide bonds. The number of rotatable bonds is 0. The molecule has 0 atom stereocenters. The third-order valence-electron chi connectivity index (χ3n) is 2.34. The van der Waals surface area contributed by atoms with Crippen LogP contribution in [0, 0.1) is 6.92 Å². The molecule has 0 N–H and O–H groups in total. The molecular formula is C11H11NO. The lowest BCUT2D eigenvalue weighted by atomic mass is 10.1. The summed E-state index contributed by atoms with van der Waals surface area (Å²) in [4.78, 5) is 11.5. The molecule has 0 unspecified atom stereocenters. The van der Waals surface area contributed by atoms with E-state index in [1.165, 1.54) is 0 Å². The molecule has 0 saturated heterocycles. The van der Waals surface area contributed by atoms with Crippen LogP contribution in [0.15, 0.2) is 35.3 Å². The summed E-state index contributed by atoms with van der Waals surface area (Å²) in [6.45, 7) is 1.87. The van der Waals surface area contributed by atoms with Crippen molar-refractivity contribution in [1.29, 1.82) is 0 Å². The van der Waals surface area contributed by atoms with Gasteiger partial charge in [-0.1, -0.05) is 24.3 Å². The molecule has 2 rings (SSSR count). The first-order chi connectivity index (χ1) is 6.20. The van der Waals surface area contributed by atoms with Crippen LogP contribution in [0.25, 0.3) is 10.8 Å². The third-order valence-corrected chi connectivity index (χ3v) is 2.34. The second-order valence-electron chi connectivity index (χ2n) is 3.26. The number of hydrogen-bond donors (Lipinski definition) is 0. The van der Waals surface area contributed by atoms with E-state index in [0.717, 1.165) is 16.3 Å². The van der Waals surface area contributed by atoms with E-state index < -0.39 is 0 Å². The summed E-state index contributed by atoms with van der Waals surface area (Å²) >= 11 is 0. The number of fused-ring (bicyclic) bond motifs is 1. The van der Waals surface area contributed by atoms with Gasteiger partial charge >= 0.3 is 0 Å². The molecule has 1 aromatic heterocycles. The molecule has 1 aromatic carbocycles. The molecule has 66 valence electrons. The maximum Gasteiger partial charge on any atom is 0.253 e. The molecule has 0 spiro atoms. The third kappa shape index (κ3) is 1.15. The van der Waals surface area contributed by atoms with E-state index in [1.807, 2.05) is 37.4 Å². The van der Waals surface area contributed by atoms with Crippen molar-refractivity contribution in [2.45, 2.75) is 6.92 Å². The number of pyridine rings is 1. The fourth-order valence-electron chi connectivity index (χ4n) is 1.60. The van der Waals surface area contributed by atoms with Gasteiger partial charge in [0, 0.05) is 18.8 Å².